The van der Waals surface area contributed by atoms with Crippen LogP contribution in [-0.2, 0) is 6.42 Å². The lowest BCUT2D eigenvalue weighted by atomic mass is 10.0. The Morgan fingerprint density at radius 1 is 1.10 bits per heavy atom. The SMILES string of the molecule is CCC(NCCc1ccc(Cl)cc1Cl)c1ccc(F)cc1. The molecule has 0 aromatic heterocycles. The van der Waals surface area contributed by atoms with E-state index in [1.807, 2.05) is 24.3 Å². The molecule has 112 valence electrons. The van der Waals surface area contributed by atoms with Gasteiger partial charge in [0.2, 0.25) is 0 Å². The molecule has 21 heavy (non-hydrogen) atoms. The topological polar surface area (TPSA) is 12.0 Å². The van der Waals surface area contributed by atoms with Crippen LogP contribution in [0.15, 0.2) is 42.5 Å². The fraction of sp³-hybridized carbons (Fsp3) is 0.294. The molecule has 0 radical (unpaired) electrons. The summed E-state index contributed by atoms with van der Waals surface area (Å²) >= 11 is 12.0. The van der Waals surface area contributed by atoms with Gasteiger partial charge in [0.05, 0.1) is 0 Å². The summed E-state index contributed by atoms with van der Waals surface area (Å²) in [5.74, 6) is -0.207. The van der Waals surface area contributed by atoms with E-state index in [9.17, 15) is 4.39 Å². The van der Waals surface area contributed by atoms with Crippen LogP contribution in [0.1, 0.15) is 30.5 Å². The van der Waals surface area contributed by atoms with Crippen molar-refractivity contribution in [2.75, 3.05) is 6.54 Å². The maximum atomic E-state index is 13.0. The van der Waals surface area contributed by atoms with E-state index in [0.29, 0.717) is 10.0 Å². The molecule has 0 aliphatic rings. The van der Waals surface area contributed by atoms with Gasteiger partial charge in [-0.2, -0.15) is 0 Å². The smallest absolute Gasteiger partial charge is 0.123 e. The minimum Gasteiger partial charge on any atom is -0.310 e. The first-order chi connectivity index (χ1) is 10.1. The molecule has 1 atom stereocenters. The molecule has 0 aliphatic heterocycles. The van der Waals surface area contributed by atoms with Crippen molar-refractivity contribution in [3.8, 4) is 0 Å². The molecule has 0 amide bonds. The minimum absolute atomic E-state index is 0.207. The molecule has 2 rings (SSSR count). The van der Waals surface area contributed by atoms with Crippen LogP contribution >= 0.6 is 23.2 Å². The number of benzene rings is 2. The Kier molecular flexibility index (Phi) is 6.04. The fourth-order valence-corrected chi connectivity index (χ4v) is 2.80. The minimum atomic E-state index is -0.207. The zero-order chi connectivity index (χ0) is 15.2. The number of nitrogens with one attached hydrogen (secondary N) is 1. The molecule has 1 unspecified atom stereocenters. The lowest BCUT2D eigenvalue weighted by molar-refractivity contribution is 0.521. The van der Waals surface area contributed by atoms with E-state index in [0.717, 1.165) is 30.5 Å². The van der Waals surface area contributed by atoms with Crippen molar-refractivity contribution in [3.63, 3.8) is 0 Å². The average molecular weight is 326 g/mol. The first-order valence-corrected chi connectivity index (χ1v) is 7.78. The van der Waals surface area contributed by atoms with Gasteiger partial charge in [-0.05, 0) is 54.8 Å². The lowest BCUT2D eigenvalue weighted by Crippen LogP contribution is -2.23. The van der Waals surface area contributed by atoms with Gasteiger partial charge in [0.1, 0.15) is 5.82 Å². The van der Waals surface area contributed by atoms with Gasteiger partial charge >= 0.3 is 0 Å². The first kappa shape index (κ1) is 16.3. The van der Waals surface area contributed by atoms with Gasteiger partial charge in [0.25, 0.3) is 0 Å². The summed E-state index contributed by atoms with van der Waals surface area (Å²) in [5, 5.41) is 4.82. The Balaban J connectivity index is 1.93. The van der Waals surface area contributed by atoms with Gasteiger partial charge in [-0.3, -0.25) is 0 Å². The zero-order valence-corrected chi connectivity index (χ0v) is 13.4. The van der Waals surface area contributed by atoms with E-state index < -0.39 is 0 Å². The first-order valence-electron chi connectivity index (χ1n) is 7.03. The zero-order valence-electron chi connectivity index (χ0n) is 11.9. The van der Waals surface area contributed by atoms with Gasteiger partial charge < -0.3 is 5.32 Å². The molecule has 2 aromatic rings. The van der Waals surface area contributed by atoms with Gasteiger partial charge in [-0.25, -0.2) is 4.39 Å². The van der Waals surface area contributed by atoms with E-state index in [1.165, 1.54) is 12.1 Å². The van der Waals surface area contributed by atoms with Crippen LogP contribution in [0.25, 0.3) is 0 Å². The summed E-state index contributed by atoms with van der Waals surface area (Å²) in [6.45, 7) is 2.91. The normalized spacial score (nSPS) is 12.4. The number of rotatable bonds is 6. The van der Waals surface area contributed by atoms with E-state index in [2.05, 4.69) is 12.2 Å². The molecular weight excluding hydrogens is 308 g/mol. The van der Waals surface area contributed by atoms with Crippen LogP contribution in [-0.4, -0.2) is 6.54 Å². The summed E-state index contributed by atoms with van der Waals surface area (Å²) in [7, 11) is 0. The highest BCUT2D eigenvalue weighted by Gasteiger charge is 2.09. The van der Waals surface area contributed by atoms with Crippen molar-refractivity contribution in [1.82, 2.24) is 5.32 Å². The summed E-state index contributed by atoms with van der Waals surface area (Å²) < 4.78 is 13.0. The Bertz CT molecular complexity index is 584. The highest BCUT2D eigenvalue weighted by atomic mass is 35.5. The predicted molar refractivity (Wildman–Crippen MR) is 87.6 cm³/mol. The van der Waals surface area contributed by atoms with Crippen molar-refractivity contribution in [3.05, 3.63) is 69.5 Å². The van der Waals surface area contributed by atoms with Crippen LogP contribution in [0.2, 0.25) is 10.0 Å². The van der Waals surface area contributed by atoms with Crippen LogP contribution in [0, 0.1) is 5.82 Å². The third-order valence-electron chi connectivity index (χ3n) is 3.48. The van der Waals surface area contributed by atoms with Crippen molar-refractivity contribution in [2.45, 2.75) is 25.8 Å². The number of halogens is 3. The second-order valence-corrected chi connectivity index (χ2v) is 5.80. The quantitative estimate of drug-likeness (QED) is 0.748. The van der Waals surface area contributed by atoms with Crippen molar-refractivity contribution >= 4 is 23.2 Å². The van der Waals surface area contributed by atoms with E-state index in [1.54, 1.807) is 6.07 Å². The highest BCUT2D eigenvalue weighted by Crippen LogP contribution is 2.22. The average Bonchev–Trinajstić information content (AvgIpc) is 2.47. The van der Waals surface area contributed by atoms with Crippen LogP contribution in [0.5, 0.6) is 0 Å². The molecule has 0 saturated heterocycles. The van der Waals surface area contributed by atoms with Crippen LogP contribution in [0.3, 0.4) is 0 Å². The summed E-state index contributed by atoms with van der Waals surface area (Å²) in [4.78, 5) is 0. The summed E-state index contributed by atoms with van der Waals surface area (Å²) in [6, 6.07) is 12.4. The largest absolute Gasteiger partial charge is 0.310 e. The van der Waals surface area contributed by atoms with Gasteiger partial charge in [0.15, 0.2) is 0 Å². The lowest BCUT2D eigenvalue weighted by Gasteiger charge is -2.17. The maximum absolute atomic E-state index is 13.0. The van der Waals surface area contributed by atoms with Gasteiger partial charge in [-0.1, -0.05) is 48.3 Å². The number of hydrogen-bond acceptors (Lipinski definition) is 1. The Hall–Kier alpha value is -1.09. The van der Waals surface area contributed by atoms with E-state index in [-0.39, 0.29) is 11.9 Å². The Morgan fingerprint density at radius 3 is 2.43 bits per heavy atom. The third kappa shape index (κ3) is 4.70. The molecule has 2 aromatic carbocycles. The summed E-state index contributed by atoms with van der Waals surface area (Å²) in [5.41, 5.74) is 2.17. The Morgan fingerprint density at radius 2 is 1.81 bits per heavy atom. The van der Waals surface area contributed by atoms with E-state index in [4.69, 9.17) is 23.2 Å². The molecule has 0 heterocycles. The van der Waals surface area contributed by atoms with Crippen molar-refractivity contribution < 1.29 is 4.39 Å². The van der Waals surface area contributed by atoms with Gasteiger partial charge in [-0.15, -0.1) is 0 Å². The fourth-order valence-electron chi connectivity index (χ4n) is 2.30. The number of hydrogen-bond donors (Lipinski definition) is 1. The highest BCUT2D eigenvalue weighted by molar-refractivity contribution is 6.35. The van der Waals surface area contributed by atoms with Crippen LogP contribution < -0.4 is 5.32 Å². The third-order valence-corrected chi connectivity index (χ3v) is 4.07. The molecule has 4 heteroatoms. The summed E-state index contributed by atoms with van der Waals surface area (Å²) in [6.07, 6.45) is 1.77. The van der Waals surface area contributed by atoms with Crippen LogP contribution in [0.4, 0.5) is 4.39 Å². The van der Waals surface area contributed by atoms with Crippen molar-refractivity contribution in [1.29, 1.82) is 0 Å². The monoisotopic (exact) mass is 325 g/mol. The second-order valence-electron chi connectivity index (χ2n) is 4.95. The Labute approximate surface area is 135 Å². The predicted octanol–water partition coefficient (Wildman–Crippen LogP) is 5.42. The second kappa shape index (κ2) is 7.79. The molecular formula is C17H18Cl2FN. The van der Waals surface area contributed by atoms with Crippen molar-refractivity contribution in [2.24, 2.45) is 0 Å². The molecule has 1 N–H and O–H groups in total. The maximum Gasteiger partial charge on any atom is 0.123 e. The molecule has 0 spiro atoms. The molecule has 0 fully saturated rings. The standard InChI is InChI=1S/C17H18Cl2FN/c1-2-17(13-4-7-15(20)8-5-13)21-10-9-12-3-6-14(18)11-16(12)19/h3-8,11,17,21H,2,9-10H2,1H3. The molecule has 0 aliphatic carbocycles. The molecule has 0 saturated carbocycles. The van der Waals surface area contributed by atoms with E-state index >= 15 is 0 Å². The molecule has 1 nitrogen and oxygen atoms in total. The van der Waals surface area contributed by atoms with Gasteiger partial charge in [0, 0.05) is 16.1 Å². The molecule has 0 bridgehead atoms.